The second kappa shape index (κ2) is 11.6. The zero-order valence-corrected chi connectivity index (χ0v) is 21.7. The van der Waals surface area contributed by atoms with Gasteiger partial charge in [-0.15, -0.1) is 0 Å². The number of benzene rings is 3. The van der Waals surface area contributed by atoms with E-state index in [2.05, 4.69) is 0 Å². The highest BCUT2D eigenvalue weighted by Gasteiger charge is 2.31. The van der Waals surface area contributed by atoms with Gasteiger partial charge in [-0.1, -0.05) is 72.0 Å². The highest BCUT2D eigenvalue weighted by molar-refractivity contribution is 8.26. The van der Waals surface area contributed by atoms with Gasteiger partial charge in [-0.3, -0.25) is 9.69 Å². The number of halogens is 1. The van der Waals surface area contributed by atoms with E-state index < -0.39 is 0 Å². The minimum absolute atomic E-state index is 0.0838. The van der Waals surface area contributed by atoms with Crippen LogP contribution >= 0.6 is 35.6 Å². The van der Waals surface area contributed by atoms with Crippen molar-refractivity contribution in [3.63, 3.8) is 0 Å². The molecule has 1 saturated heterocycles. The van der Waals surface area contributed by atoms with Gasteiger partial charge in [0, 0.05) is 17.1 Å². The van der Waals surface area contributed by atoms with Crippen LogP contribution in [0.3, 0.4) is 0 Å². The first-order valence-electron chi connectivity index (χ1n) is 10.9. The summed E-state index contributed by atoms with van der Waals surface area (Å²) in [7, 11) is 3.21. The van der Waals surface area contributed by atoms with E-state index in [1.54, 1.807) is 19.1 Å². The van der Waals surface area contributed by atoms with Crippen molar-refractivity contribution in [3.8, 4) is 17.2 Å². The summed E-state index contributed by atoms with van der Waals surface area (Å²) in [6.07, 6.45) is 2.51. The van der Waals surface area contributed by atoms with Gasteiger partial charge in [0.2, 0.25) is 0 Å². The van der Waals surface area contributed by atoms with Gasteiger partial charge in [0.1, 0.15) is 16.7 Å². The molecule has 0 atom stereocenters. The number of methoxy groups -OCH3 is 2. The molecule has 180 valence electrons. The monoisotopic (exact) mass is 525 g/mol. The van der Waals surface area contributed by atoms with Gasteiger partial charge in [-0.05, 0) is 54.0 Å². The Morgan fingerprint density at radius 3 is 2.46 bits per heavy atom. The molecule has 3 aromatic carbocycles. The quantitative estimate of drug-likeness (QED) is 0.238. The van der Waals surface area contributed by atoms with Crippen LogP contribution in [0, 0.1) is 0 Å². The first-order chi connectivity index (χ1) is 17.0. The Morgan fingerprint density at radius 1 is 1.00 bits per heavy atom. The molecule has 0 bridgehead atoms. The Balaban J connectivity index is 1.37. The second-order valence-corrected chi connectivity index (χ2v) is 9.80. The number of hydrogen-bond acceptors (Lipinski definition) is 6. The standard InChI is InChI=1S/C27H24ClNO4S2/c1-31-23-12-9-19(15-24(23)32-2)13-14-29-26(30)25(35-27(29)34)16-18-7-10-21(11-8-18)33-17-20-5-3-4-6-22(20)28/h3-12,15-16H,13-14,17H2,1-2H3/b25-16-. The second-order valence-electron chi connectivity index (χ2n) is 7.72. The minimum Gasteiger partial charge on any atom is -0.493 e. The summed E-state index contributed by atoms with van der Waals surface area (Å²) in [5, 5.41) is 0.678. The van der Waals surface area contributed by atoms with Crippen LogP contribution in [-0.2, 0) is 17.8 Å². The summed E-state index contributed by atoms with van der Waals surface area (Å²) < 4.78 is 17.0. The lowest BCUT2D eigenvalue weighted by Gasteiger charge is -2.15. The van der Waals surface area contributed by atoms with Crippen LogP contribution in [0.4, 0.5) is 0 Å². The van der Waals surface area contributed by atoms with E-state index in [0.29, 0.717) is 45.3 Å². The molecule has 35 heavy (non-hydrogen) atoms. The zero-order chi connectivity index (χ0) is 24.8. The van der Waals surface area contributed by atoms with Gasteiger partial charge in [0.05, 0.1) is 19.1 Å². The number of thioether (sulfide) groups is 1. The molecule has 4 rings (SSSR count). The molecular weight excluding hydrogens is 502 g/mol. The lowest BCUT2D eigenvalue weighted by molar-refractivity contribution is -0.122. The summed E-state index contributed by atoms with van der Waals surface area (Å²) in [6, 6.07) is 20.9. The Labute approximate surface area is 219 Å². The average Bonchev–Trinajstić information content (AvgIpc) is 3.14. The van der Waals surface area contributed by atoms with Gasteiger partial charge in [-0.2, -0.15) is 0 Å². The Bertz CT molecular complexity index is 1260. The fourth-order valence-corrected chi connectivity index (χ4v) is 5.06. The lowest BCUT2D eigenvalue weighted by Crippen LogP contribution is -2.30. The van der Waals surface area contributed by atoms with Gasteiger partial charge < -0.3 is 14.2 Å². The predicted molar refractivity (Wildman–Crippen MR) is 145 cm³/mol. The number of carbonyl (C=O) groups is 1. The van der Waals surface area contributed by atoms with Crippen LogP contribution in [0.15, 0.2) is 71.6 Å². The van der Waals surface area contributed by atoms with Crippen molar-refractivity contribution in [2.45, 2.75) is 13.0 Å². The molecule has 5 nitrogen and oxygen atoms in total. The average molecular weight is 526 g/mol. The van der Waals surface area contributed by atoms with Crippen molar-refractivity contribution in [1.29, 1.82) is 0 Å². The van der Waals surface area contributed by atoms with Crippen molar-refractivity contribution in [1.82, 2.24) is 4.90 Å². The maximum absolute atomic E-state index is 13.0. The first-order valence-corrected chi connectivity index (χ1v) is 12.5. The molecular formula is C27H24ClNO4S2. The highest BCUT2D eigenvalue weighted by atomic mass is 35.5. The van der Waals surface area contributed by atoms with Crippen molar-refractivity contribution < 1.29 is 19.0 Å². The Kier molecular flexibility index (Phi) is 8.33. The first kappa shape index (κ1) is 25.1. The third-order valence-corrected chi connectivity index (χ3v) is 7.22. The number of carbonyl (C=O) groups excluding carboxylic acids is 1. The van der Waals surface area contributed by atoms with Crippen LogP contribution < -0.4 is 14.2 Å². The van der Waals surface area contributed by atoms with Crippen LogP contribution in [0.2, 0.25) is 5.02 Å². The molecule has 3 aromatic rings. The Hall–Kier alpha value is -3.00. The zero-order valence-electron chi connectivity index (χ0n) is 19.3. The molecule has 0 radical (unpaired) electrons. The summed E-state index contributed by atoms with van der Waals surface area (Å²) >= 11 is 13.0. The van der Waals surface area contributed by atoms with Crippen LogP contribution in [0.5, 0.6) is 17.2 Å². The molecule has 0 unspecified atom stereocenters. The topological polar surface area (TPSA) is 48.0 Å². The number of ether oxygens (including phenoxy) is 3. The van der Waals surface area contributed by atoms with Crippen molar-refractivity contribution in [2.24, 2.45) is 0 Å². The molecule has 0 saturated carbocycles. The summed E-state index contributed by atoms with van der Waals surface area (Å²) in [5.41, 5.74) is 2.86. The summed E-state index contributed by atoms with van der Waals surface area (Å²) in [6.45, 7) is 0.879. The van der Waals surface area contributed by atoms with Crippen LogP contribution in [0.25, 0.3) is 6.08 Å². The molecule has 0 N–H and O–H groups in total. The number of hydrogen-bond donors (Lipinski definition) is 0. The van der Waals surface area contributed by atoms with Gasteiger partial charge >= 0.3 is 0 Å². The van der Waals surface area contributed by atoms with Gasteiger partial charge in [-0.25, -0.2) is 0 Å². The van der Waals surface area contributed by atoms with E-state index >= 15 is 0 Å². The largest absolute Gasteiger partial charge is 0.493 e. The minimum atomic E-state index is -0.0838. The predicted octanol–water partition coefficient (Wildman–Crippen LogP) is 6.38. The van der Waals surface area contributed by atoms with Crippen LogP contribution in [-0.4, -0.2) is 35.9 Å². The molecule has 1 aliphatic rings. The van der Waals surface area contributed by atoms with E-state index in [-0.39, 0.29) is 5.91 Å². The molecule has 0 aromatic heterocycles. The van der Waals surface area contributed by atoms with E-state index in [4.69, 9.17) is 38.0 Å². The molecule has 1 amide bonds. The van der Waals surface area contributed by atoms with E-state index in [1.807, 2.05) is 72.8 Å². The summed E-state index contributed by atoms with van der Waals surface area (Å²) in [4.78, 5) is 15.2. The molecule has 1 fully saturated rings. The smallest absolute Gasteiger partial charge is 0.266 e. The SMILES string of the molecule is COc1ccc(CCN2C(=O)/C(=C/c3ccc(OCc4ccccc4Cl)cc3)SC2=S)cc1OC. The maximum atomic E-state index is 13.0. The van der Waals surface area contributed by atoms with Gasteiger partial charge in [0.25, 0.3) is 5.91 Å². The van der Waals surface area contributed by atoms with E-state index in [1.165, 1.54) is 11.8 Å². The number of amides is 1. The molecule has 1 aliphatic heterocycles. The van der Waals surface area contributed by atoms with Crippen molar-refractivity contribution in [3.05, 3.63) is 93.3 Å². The number of rotatable bonds is 9. The van der Waals surface area contributed by atoms with Crippen molar-refractivity contribution >= 4 is 51.9 Å². The normalized spacial score (nSPS) is 14.5. The summed E-state index contributed by atoms with van der Waals surface area (Å²) in [5.74, 6) is 1.98. The molecule has 0 spiro atoms. The molecule has 8 heteroatoms. The lowest BCUT2D eigenvalue weighted by atomic mass is 10.1. The third-order valence-electron chi connectivity index (χ3n) is 5.48. The third kappa shape index (κ3) is 6.17. The van der Waals surface area contributed by atoms with E-state index in [9.17, 15) is 4.79 Å². The molecule has 1 heterocycles. The van der Waals surface area contributed by atoms with Crippen LogP contribution in [0.1, 0.15) is 16.7 Å². The fourth-order valence-electron chi connectivity index (χ4n) is 3.56. The van der Waals surface area contributed by atoms with Gasteiger partial charge in [0.15, 0.2) is 11.5 Å². The highest BCUT2D eigenvalue weighted by Crippen LogP contribution is 2.33. The number of nitrogens with zero attached hydrogens (tertiary/aromatic N) is 1. The number of thiocarbonyl (C=S) groups is 1. The van der Waals surface area contributed by atoms with E-state index in [0.717, 1.165) is 22.4 Å². The fraction of sp³-hybridized carbons (Fsp3) is 0.185. The molecule has 0 aliphatic carbocycles. The maximum Gasteiger partial charge on any atom is 0.266 e. The van der Waals surface area contributed by atoms with Crippen molar-refractivity contribution in [2.75, 3.05) is 20.8 Å². The Morgan fingerprint density at radius 2 is 1.74 bits per heavy atom.